The van der Waals surface area contributed by atoms with Gasteiger partial charge in [-0.3, -0.25) is 4.79 Å². The maximum absolute atomic E-state index is 13.4. The Morgan fingerprint density at radius 2 is 2.39 bits per heavy atom. The van der Waals surface area contributed by atoms with Crippen molar-refractivity contribution in [1.82, 2.24) is 4.90 Å². The number of hydrogen-bond donors (Lipinski definition) is 0. The molecule has 0 N–H and O–H groups in total. The number of thioether (sulfide) groups is 1. The quantitative estimate of drug-likeness (QED) is 0.825. The van der Waals surface area contributed by atoms with Gasteiger partial charge in [0.1, 0.15) is 5.82 Å². The number of rotatable bonds is 2. The summed E-state index contributed by atoms with van der Waals surface area (Å²) in [5.74, 6) is 0.503. The highest BCUT2D eigenvalue weighted by molar-refractivity contribution is 9.10. The van der Waals surface area contributed by atoms with Crippen molar-refractivity contribution >= 4 is 33.6 Å². The Hall–Kier alpha value is -0.550. The Morgan fingerprint density at radius 3 is 3.06 bits per heavy atom. The van der Waals surface area contributed by atoms with E-state index < -0.39 is 0 Å². The standard InChI is InChI=1S/C13H15BrFNOS/c1-2-10-8-16(5-6-18-10)13(17)9-3-4-11(14)12(15)7-9/h3-4,7,10H,2,5-6,8H2,1H3. The van der Waals surface area contributed by atoms with Crippen molar-refractivity contribution < 1.29 is 9.18 Å². The molecule has 2 nitrogen and oxygen atoms in total. The minimum absolute atomic E-state index is 0.0693. The molecular formula is C13H15BrFNOS. The Bertz CT molecular complexity index is 455. The van der Waals surface area contributed by atoms with E-state index in [0.29, 0.717) is 15.3 Å². The third-order valence-corrected chi connectivity index (χ3v) is 5.06. The molecule has 0 aromatic heterocycles. The first kappa shape index (κ1) is 13.9. The molecular weight excluding hydrogens is 317 g/mol. The first-order valence-electron chi connectivity index (χ1n) is 5.97. The molecule has 0 spiro atoms. The molecule has 2 rings (SSSR count). The molecule has 0 radical (unpaired) electrons. The van der Waals surface area contributed by atoms with Gasteiger partial charge in [0, 0.05) is 29.7 Å². The van der Waals surface area contributed by atoms with Crippen LogP contribution in [0.25, 0.3) is 0 Å². The zero-order valence-electron chi connectivity index (χ0n) is 10.2. The fourth-order valence-electron chi connectivity index (χ4n) is 1.96. The van der Waals surface area contributed by atoms with Crippen LogP contribution >= 0.6 is 27.7 Å². The molecule has 1 aromatic rings. The van der Waals surface area contributed by atoms with Crippen LogP contribution in [0.3, 0.4) is 0 Å². The molecule has 0 saturated carbocycles. The number of benzene rings is 1. The first-order chi connectivity index (χ1) is 8.61. The average Bonchev–Trinajstić information content (AvgIpc) is 2.41. The van der Waals surface area contributed by atoms with Crippen LogP contribution in [0.2, 0.25) is 0 Å². The molecule has 0 aliphatic carbocycles. The van der Waals surface area contributed by atoms with Gasteiger partial charge in [-0.1, -0.05) is 6.92 Å². The number of carbonyl (C=O) groups is 1. The van der Waals surface area contributed by atoms with Crippen LogP contribution in [-0.4, -0.2) is 34.9 Å². The van der Waals surface area contributed by atoms with E-state index in [0.717, 1.165) is 25.3 Å². The Labute approximate surface area is 119 Å². The van der Waals surface area contributed by atoms with Gasteiger partial charge in [-0.25, -0.2) is 4.39 Å². The van der Waals surface area contributed by atoms with Crippen molar-refractivity contribution in [2.75, 3.05) is 18.8 Å². The van der Waals surface area contributed by atoms with Gasteiger partial charge in [-0.15, -0.1) is 0 Å². The van der Waals surface area contributed by atoms with E-state index in [1.165, 1.54) is 6.07 Å². The fraction of sp³-hybridized carbons (Fsp3) is 0.462. The second-order valence-corrected chi connectivity index (χ2v) is 6.54. The summed E-state index contributed by atoms with van der Waals surface area (Å²) in [5.41, 5.74) is 0.428. The number of carbonyl (C=O) groups excluding carboxylic acids is 1. The molecule has 1 atom stereocenters. The van der Waals surface area contributed by atoms with Crippen LogP contribution < -0.4 is 0 Å². The molecule has 1 unspecified atom stereocenters. The second-order valence-electron chi connectivity index (χ2n) is 4.28. The summed E-state index contributed by atoms with van der Waals surface area (Å²) in [5, 5.41) is 0.503. The molecule has 1 amide bonds. The normalized spacial score (nSPS) is 19.9. The maximum Gasteiger partial charge on any atom is 0.254 e. The van der Waals surface area contributed by atoms with Gasteiger partial charge in [0.15, 0.2) is 0 Å². The highest BCUT2D eigenvalue weighted by atomic mass is 79.9. The van der Waals surface area contributed by atoms with E-state index in [2.05, 4.69) is 22.9 Å². The largest absolute Gasteiger partial charge is 0.337 e. The van der Waals surface area contributed by atoms with Gasteiger partial charge >= 0.3 is 0 Å². The van der Waals surface area contributed by atoms with Crippen molar-refractivity contribution in [3.05, 3.63) is 34.1 Å². The number of nitrogens with zero attached hydrogens (tertiary/aromatic N) is 1. The predicted octanol–water partition coefficient (Wildman–Crippen LogP) is 3.56. The first-order valence-corrected chi connectivity index (χ1v) is 7.82. The molecule has 1 aromatic carbocycles. The van der Waals surface area contributed by atoms with Crippen LogP contribution in [-0.2, 0) is 0 Å². The zero-order valence-corrected chi connectivity index (χ0v) is 12.6. The summed E-state index contributed by atoms with van der Waals surface area (Å²) >= 11 is 5.00. The zero-order chi connectivity index (χ0) is 13.1. The number of halogens is 2. The van der Waals surface area contributed by atoms with Crippen LogP contribution in [0, 0.1) is 5.82 Å². The summed E-state index contributed by atoms with van der Waals surface area (Å²) in [6, 6.07) is 4.55. The van der Waals surface area contributed by atoms with E-state index >= 15 is 0 Å². The smallest absolute Gasteiger partial charge is 0.254 e. The van der Waals surface area contributed by atoms with Crippen LogP contribution in [0.1, 0.15) is 23.7 Å². The van der Waals surface area contributed by atoms with Crippen molar-refractivity contribution in [2.24, 2.45) is 0 Å². The summed E-state index contributed by atoms with van der Waals surface area (Å²) in [6.07, 6.45) is 1.06. The predicted molar refractivity (Wildman–Crippen MR) is 76.5 cm³/mol. The topological polar surface area (TPSA) is 20.3 Å². The van der Waals surface area contributed by atoms with Crippen molar-refractivity contribution in [2.45, 2.75) is 18.6 Å². The highest BCUT2D eigenvalue weighted by Gasteiger charge is 2.24. The molecule has 1 heterocycles. The maximum atomic E-state index is 13.4. The Kier molecular flexibility index (Phi) is 4.67. The summed E-state index contributed by atoms with van der Waals surface area (Å²) < 4.78 is 13.8. The van der Waals surface area contributed by atoms with Gasteiger partial charge < -0.3 is 4.90 Å². The summed E-state index contributed by atoms with van der Waals surface area (Å²) in [7, 11) is 0. The van der Waals surface area contributed by atoms with Gasteiger partial charge in [0.2, 0.25) is 0 Å². The Morgan fingerprint density at radius 1 is 1.61 bits per heavy atom. The van der Waals surface area contributed by atoms with Crippen molar-refractivity contribution in [3.8, 4) is 0 Å². The lowest BCUT2D eigenvalue weighted by Gasteiger charge is -2.32. The van der Waals surface area contributed by atoms with Crippen LogP contribution in [0.15, 0.2) is 22.7 Å². The molecule has 18 heavy (non-hydrogen) atoms. The average molecular weight is 332 g/mol. The third-order valence-electron chi connectivity index (χ3n) is 3.05. The molecule has 1 saturated heterocycles. The SMILES string of the molecule is CCC1CN(C(=O)c2ccc(Br)c(F)c2)CCS1. The monoisotopic (exact) mass is 331 g/mol. The van der Waals surface area contributed by atoms with Crippen LogP contribution in [0.5, 0.6) is 0 Å². The Balaban J connectivity index is 2.12. The second kappa shape index (κ2) is 6.06. The molecule has 1 fully saturated rings. The minimum Gasteiger partial charge on any atom is -0.337 e. The van der Waals surface area contributed by atoms with E-state index in [-0.39, 0.29) is 11.7 Å². The van der Waals surface area contributed by atoms with Crippen molar-refractivity contribution in [1.29, 1.82) is 0 Å². The van der Waals surface area contributed by atoms with E-state index in [4.69, 9.17) is 0 Å². The summed E-state index contributed by atoms with van der Waals surface area (Å²) in [4.78, 5) is 14.1. The lowest BCUT2D eigenvalue weighted by Crippen LogP contribution is -2.41. The van der Waals surface area contributed by atoms with E-state index in [9.17, 15) is 9.18 Å². The lowest BCUT2D eigenvalue weighted by atomic mass is 10.2. The van der Waals surface area contributed by atoms with Crippen LogP contribution in [0.4, 0.5) is 4.39 Å². The molecule has 98 valence electrons. The molecule has 1 aliphatic rings. The summed E-state index contributed by atoms with van der Waals surface area (Å²) in [6.45, 7) is 3.64. The van der Waals surface area contributed by atoms with E-state index in [1.807, 2.05) is 16.7 Å². The van der Waals surface area contributed by atoms with E-state index in [1.54, 1.807) is 12.1 Å². The van der Waals surface area contributed by atoms with Gasteiger partial charge in [0.05, 0.1) is 4.47 Å². The molecule has 1 aliphatic heterocycles. The fourth-order valence-corrected chi connectivity index (χ4v) is 3.39. The highest BCUT2D eigenvalue weighted by Crippen LogP contribution is 2.23. The minimum atomic E-state index is -0.390. The lowest BCUT2D eigenvalue weighted by molar-refractivity contribution is 0.0760. The molecule has 0 bridgehead atoms. The van der Waals surface area contributed by atoms with Gasteiger partial charge in [-0.05, 0) is 40.5 Å². The number of amides is 1. The van der Waals surface area contributed by atoms with Gasteiger partial charge in [-0.2, -0.15) is 11.8 Å². The number of hydrogen-bond acceptors (Lipinski definition) is 2. The molecule has 5 heteroatoms. The van der Waals surface area contributed by atoms with Gasteiger partial charge in [0.25, 0.3) is 5.91 Å². The van der Waals surface area contributed by atoms with Crippen molar-refractivity contribution in [3.63, 3.8) is 0 Å². The third kappa shape index (κ3) is 3.06.